The molecule has 5 aromatic rings. The fourth-order valence-corrected chi connectivity index (χ4v) is 3.88. The third-order valence-corrected chi connectivity index (χ3v) is 5.40. The van der Waals surface area contributed by atoms with Crippen molar-refractivity contribution >= 4 is 27.2 Å². The summed E-state index contributed by atoms with van der Waals surface area (Å²) in [5, 5.41) is 9.53. The van der Waals surface area contributed by atoms with Crippen molar-refractivity contribution in [2.45, 2.75) is 13.8 Å². The molecule has 0 spiro atoms. The number of aliphatic hydroxyl groups is 1. The van der Waals surface area contributed by atoms with Crippen LogP contribution in [0.3, 0.4) is 0 Å². The molecule has 188 valence electrons. The number of allylic oxidation sites excluding steroid dienone is 2. The van der Waals surface area contributed by atoms with E-state index in [-0.39, 0.29) is 51.8 Å². The molecule has 5 rings (SSSR count). The van der Waals surface area contributed by atoms with E-state index in [2.05, 4.69) is 40.3 Å². The molecule has 0 fully saturated rings. The van der Waals surface area contributed by atoms with Gasteiger partial charge in [0.1, 0.15) is 0 Å². The van der Waals surface area contributed by atoms with Gasteiger partial charge >= 0.3 is 0 Å². The van der Waals surface area contributed by atoms with E-state index in [4.69, 9.17) is 5.11 Å². The van der Waals surface area contributed by atoms with Gasteiger partial charge in [0.05, 0.1) is 5.76 Å². The Morgan fingerprint density at radius 3 is 1.94 bits per heavy atom. The number of thiophene rings is 1. The average molecular weight is 849 g/mol. The van der Waals surface area contributed by atoms with E-state index in [0.29, 0.717) is 0 Å². The summed E-state index contributed by atoms with van der Waals surface area (Å²) in [6, 6.07) is 34.4. The van der Waals surface area contributed by atoms with E-state index in [9.17, 15) is 4.79 Å². The Hall–Kier alpha value is -2.79. The van der Waals surface area contributed by atoms with Crippen LogP contribution in [-0.4, -0.2) is 20.9 Å². The number of hydrogen-bond donors (Lipinski definition) is 1. The van der Waals surface area contributed by atoms with Crippen molar-refractivity contribution in [3.8, 4) is 21.8 Å². The van der Waals surface area contributed by atoms with Crippen molar-refractivity contribution in [1.82, 2.24) is 9.97 Å². The number of carbonyl (C=O) groups is 1. The second kappa shape index (κ2) is 16.8. The summed E-state index contributed by atoms with van der Waals surface area (Å²) in [6.45, 7) is 2.85. The zero-order valence-corrected chi connectivity index (χ0v) is 25.2. The SMILES string of the molecule is CC(=O)/C=C(/C)O.[Ir].[Ir].[c-]1c(-c2ccccn2)sc2ccccc12.[c-]1ccccc1-c1ccccn1. The third kappa shape index (κ3) is 10.4. The van der Waals surface area contributed by atoms with Crippen LogP contribution in [0.2, 0.25) is 0 Å². The van der Waals surface area contributed by atoms with E-state index >= 15 is 0 Å². The number of hydrogen-bond acceptors (Lipinski definition) is 5. The molecule has 7 heteroatoms. The zero-order valence-electron chi connectivity index (χ0n) is 19.6. The number of nitrogens with zero attached hydrogens (tertiary/aromatic N) is 2. The molecule has 3 aromatic heterocycles. The van der Waals surface area contributed by atoms with Crippen LogP contribution in [0, 0.1) is 12.1 Å². The number of pyridine rings is 2. The third-order valence-electron chi connectivity index (χ3n) is 4.31. The number of benzene rings is 2. The fourth-order valence-electron chi connectivity index (χ4n) is 2.90. The number of aliphatic hydroxyl groups excluding tert-OH is 1. The van der Waals surface area contributed by atoms with Crippen LogP contribution >= 0.6 is 11.3 Å². The van der Waals surface area contributed by atoms with Crippen LogP contribution in [0.25, 0.3) is 31.9 Å². The normalized spacial score (nSPS) is 9.89. The molecule has 0 saturated heterocycles. The smallest absolute Gasteiger partial charge is 0.155 e. The van der Waals surface area contributed by atoms with Gasteiger partial charge in [-0.1, -0.05) is 36.4 Å². The molecule has 0 saturated carbocycles. The molecule has 0 unspecified atom stereocenters. The molecule has 36 heavy (non-hydrogen) atoms. The molecule has 0 amide bonds. The molecule has 0 aliphatic rings. The first-order valence-corrected chi connectivity index (χ1v) is 11.4. The van der Waals surface area contributed by atoms with E-state index in [1.807, 2.05) is 72.9 Å². The summed E-state index contributed by atoms with van der Waals surface area (Å²) in [4.78, 5) is 19.7. The van der Waals surface area contributed by atoms with Gasteiger partial charge in [-0.25, -0.2) is 11.3 Å². The van der Waals surface area contributed by atoms with Gasteiger partial charge in [0, 0.05) is 64.4 Å². The fraction of sp³-hybridized carbons (Fsp3) is 0.0690. The van der Waals surface area contributed by atoms with E-state index < -0.39 is 0 Å². The van der Waals surface area contributed by atoms with Gasteiger partial charge in [0.2, 0.25) is 0 Å². The first-order chi connectivity index (χ1) is 16.5. The molecular formula is C29H24Ir2N2O2S-2. The van der Waals surface area contributed by atoms with Crippen molar-refractivity contribution in [1.29, 1.82) is 0 Å². The van der Waals surface area contributed by atoms with Crippen molar-refractivity contribution in [2.75, 3.05) is 0 Å². The van der Waals surface area contributed by atoms with Crippen molar-refractivity contribution < 1.29 is 50.1 Å². The Morgan fingerprint density at radius 2 is 1.44 bits per heavy atom. The molecule has 2 radical (unpaired) electrons. The number of ketones is 1. The minimum Gasteiger partial charge on any atom is -0.512 e. The molecule has 0 bridgehead atoms. The Labute approximate surface area is 242 Å². The summed E-state index contributed by atoms with van der Waals surface area (Å²) in [5.41, 5.74) is 3.01. The zero-order chi connectivity index (χ0) is 24.2. The number of rotatable bonds is 3. The van der Waals surface area contributed by atoms with Gasteiger partial charge in [0.15, 0.2) is 5.78 Å². The second-order valence-corrected chi connectivity index (χ2v) is 8.21. The quantitative estimate of drug-likeness (QED) is 0.117. The number of aromatic nitrogens is 2. The maximum atomic E-state index is 10.0. The Bertz CT molecular complexity index is 1270. The Morgan fingerprint density at radius 1 is 0.833 bits per heavy atom. The Kier molecular flexibility index (Phi) is 14.6. The first kappa shape index (κ1) is 31.2. The van der Waals surface area contributed by atoms with Crippen molar-refractivity contribution in [2.24, 2.45) is 0 Å². The Balaban J connectivity index is 0.000000280. The van der Waals surface area contributed by atoms with Crippen LogP contribution in [-0.2, 0) is 45.0 Å². The molecule has 3 heterocycles. The number of fused-ring (bicyclic) bond motifs is 1. The summed E-state index contributed by atoms with van der Waals surface area (Å²) in [7, 11) is 0. The molecule has 0 aliphatic heterocycles. The molecule has 0 atom stereocenters. The van der Waals surface area contributed by atoms with Crippen LogP contribution in [0.15, 0.2) is 109 Å². The minimum absolute atomic E-state index is 0. The van der Waals surface area contributed by atoms with Crippen molar-refractivity contribution in [3.63, 3.8) is 0 Å². The van der Waals surface area contributed by atoms with Gasteiger partial charge in [-0.05, 0) is 41.3 Å². The largest absolute Gasteiger partial charge is 0.512 e. The minimum atomic E-state index is -0.125. The summed E-state index contributed by atoms with van der Waals surface area (Å²) in [6.07, 6.45) is 4.77. The maximum absolute atomic E-state index is 10.0. The second-order valence-electron chi connectivity index (χ2n) is 7.15. The molecular weight excluding hydrogens is 825 g/mol. The van der Waals surface area contributed by atoms with Gasteiger partial charge < -0.3 is 15.1 Å². The molecule has 4 nitrogen and oxygen atoms in total. The van der Waals surface area contributed by atoms with Crippen LogP contribution < -0.4 is 0 Å². The topological polar surface area (TPSA) is 63.1 Å². The standard InChI is InChI=1S/C13H8NS.C11H8N.C5H8O2.2Ir/c1-2-7-12-10(5-1)9-13(15-12)11-6-3-4-8-14-11;1-2-6-10(7-3-1)11-8-4-5-9-12-11;1-4(6)3-5(2)7;;/h1-8H;1-6,8-9H;3,6H,1-2H3;;/q2*-1;;;/b;;4-3-;;. The number of carbonyl (C=O) groups excluding carboxylic acids is 1. The summed E-state index contributed by atoms with van der Waals surface area (Å²) in [5.74, 6) is -0.0625. The van der Waals surface area contributed by atoms with E-state index in [1.165, 1.54) is 30.0 Å². The van der Waals surface area contributed by atoms with Crippen LogP contribution in [0.5, 0.6) is 0 Å². The van der Waals surface area contributed by atoms with Crippen LogP contribution in [0.4, 0.5) is 0 Å². The van der Waals surface area contributed by atoms with Gasteiger partial charge in [-0.3, -0.25) is 4.79 Å². The van der Waals surface area contributed by atoms with Crippen molar-refractivity contribution in [3.05, 3.63) is 121 Å². The molecule has 2 aromatic carbocycles. The van der Waals surface area contributed by atoms with Gasteiger partial charge in [-0.2, -0.15) is 0 Å². The van der Waals surface area contributed by atoms with E-state index in [0.717, 1.165) is 21.8 Å². The van der Waals surface area contributed by atoms with Gasteiger partial charge in [0.25, 0.3) is 0 Å². The van der Waals surface area contributed by atoms with Gasteiger partial charge in [-0.15, -0.1) is 59.5 Å². The first-order valence-electron chi connectivity index (χ1n) is 10.6. The average Bonchev–Trinajstić information content (AvgIpc) is 3.30. The summed E-state index contributed by atoms with van der Waals surface area (Å²) < 4.78 is 1.26. The monoisotopic (exact) mass is 850 g/mol. The maximum Gasteiger partial charge on any atom is 0.155 e. The van der Waals surface area contributed by atoms with E-state index in [1.54, 1.807) is 17.5 Å². The predicted octanol–water partition coefficient (Wildman–Crippen LogP) is 7.34. The predicted molar refractivity (Wildman–Crippen MR) is 139 cm³/mol. The van der Waals surface area contributed by atoms with Crippen LogP contribution in [0.1, 0.15) is 13.8 Å². The molecule has 0 aliphatic carbocycles. The molecule has 1 N–H and O–H groups in total. The summed E-state index contributed by atoms with van der Waals surface area (Å²) >= 11 is 1.73.